The van der Waals surface area contributed by atoms with E-state index in [1.807, 2.05) is 0 Å². The van der Waals surface area contributed by atoms with Crippen molar-refractivity contribution in [1.29, 1.82) is 0 Å². The van der Waals surface area contributed by atoms with Gasteiger partial charge < -0.3 is 9.80 Å². The van der Waals surface area contributed by atoms with E-state index < -0.39 is 0 Å². The van der Waals surface area contributed by atoms with Crippen LogP contribution in [-0.2, 0) is 0 Å². The summed E-state index contributed by atoms with van der Waals surface area (Å²) in [4.78, 5) is 5.00. The number of hydrogen-bond donors (Lipinski definition) is 0. The molecule has 2 heteroatoms. The van der Waals surface area contributed by atoms with E-state index in [4.69, 9.17) is 0 Å². The SMILES string of the molecule is CCC(C)N(CC)CCCN(C)C(C)C. The van der Waals surface area contributed by atoms with Crippen LogP contribution in [-0.4, -0.2) is 48.6 Å². The smallest absolute Gasteiger partial charge is 0.00641 e. The maximum atomic E-state index is 2.58. The van der Waals surface area contributed by atoms with Gasteiger partial charge in [-0.05, 0) is 60.3 Å². The first-order chi connectivity index (χ1) is 7.02. The van der Waals surface area contributed by atoms with Crippen LogP contribution in [0.15, 0.2) is 0 Å². The standard InChI is InChI=1S/C13H30N2/c1-7-13(5)15(8-2)11-9-10-14(6)12(3)4/h12-13H,7-11H2,1-6H3. The first-order valence-corrected chi connectivity index (χ1v) is 6.47. The summed E-state index contributed by atoms with van der Waals surface area (Å²) in [5, 5.41) is 0. The van der Waals surface area contributed by atoms with Gasteiger partial charge in [0.05, 0.1) is 0 Å². The minimum absolute atomic E-state index is 0.670. The molecule has 0 bridgehead atoms. The molecule has 0 aromatic rings. The van der Waals surface area contributed by atoms with Gasteiger partial charge in [-0.25, -0.2) is 0 Å². The van der Waals surface area contributed by atoms with Crippen LogP contribution in [0.25, 0.3) is 0 Å². The van der Waals surface area contributed by atoms with Crippen LogP contribution in [0, 0.1) is 0 Å². The van der Waals surface area contributed by atoms with Crippen LogP contribution in [0.5, 0.6) is 0 Å². The molecule has 92 valence electrons. The lowest BCUT2D eigenvalue weighted by molar-refractivity contribution is 0.191. The zero-order chi connectivity index (χ0) is 11.8. The van der Waals surface area contributed by atoms with Crippen molar-refractivity contribution in [3.63, 3.8) is 0 Å². The zero-order valence-electron chi connectivity index (χ0n) is 11.6. The highest BCUT2D eigenvalue weighted by Crippen LogP contribution is 2.04. The van der Waals surface area contributed by atoms with Crippen molar-refractivity contribution in [2.45, 2.75) is 59.5 Å². The third-order valence-corrected chi connectivity index (χ3v) is 3.46. The summed E-state index contributed by atoms with van der Waals surface area (Å²) >= 11 is 0. The van der Waals surface area contributed by atoms with E-state index in [0.717, 1.165) is 6.04 Å². The van der Waals surface area contributed by atoms with Gasteiger partial charge >= 0.3 is 0 Å². The molecule has 2 nitrogen and oxygen atoms in total. The van der Waals surface area contributed by atoms with E-state index in [2.05, 4.69) is 51.5 Å². The molecule has 1 unspecified atom stereocenters. The zero-order valence-corrected chi connectivity index (χ0v) is 11.6. The topological polar surface area (TPSA) is 6.48 Å². The molecular weight excluding hydrogens is 184 g/mol. The molecule has 0 fully saturated rings. The Labute approximate surface area is 96.6 Å². The fourth-order valence-electron chi connectivity index (χ4n) is 1.73. The Kier molecular flexibility index (Phi) is 8.07. The summed E-state index contributed by atoms with van der Waals surface area (Å²) in [5.41, 5.74) is 0. The number of rotatable bonds is 8. The summed E-state index contributed by atoms with van der Waals surface area (Å²) in [6.07, 6.45) is 2.54. The average Bonchev–Trinajstić information content (AvgIpc) is 2.22. The van der Waals surface area contributed by atoms with E-state index in [-0.39, 0.29) is 0 Å². The third kappa shape index (κ3) is 6.16. The van der Waals surface area contributed by atoms with Gasteiger partial charge in [-0.3, -0.25) is 0 Å². The summed E-state index contributed by atoms with van der Waals surface area (Å²) in [7, 11) is 2.21. The van der Waals surface area contributed by atoms with Crippen LogP contribution >= 0.6 is 0 Å². The molecule has 0 N–H and O–H groups in total. The van der Waals surface area contributed by atoms with Crippen molar-refractivity contribution < 1.29 is 0 Å². The second kappa shape index (κ2) is 8.12. The lowest BCUT2D eigenvalue weighted by atomic mass is 10.2. The van der Waals surface area contributed by atoms with Crippen molar-refractivity contribution >= 4 is 0 Å². The lowest BCUT2D eigenvalue weighted by Crippen LogP contribution is -2.36. The first kappa shape index (κ1) is 14.9. The fraction of sp³-hybridized carbons (Fsp3) is 1.00. The maximum Gasteiger partial charge on any atom is 0.00641 e. The first-order valence-electron chi connectivity index (χ1n) is 6.47. The highest BCUT2D eigenvalue weighted by Gasteiger charge is 2.10. The summed E-state index contributed by atoms with van der Waals surface area (Å²) in [5.74, 6) is 0. The predicted molar refractivity (Wildman–Crippen MR) is 69.4 cm³/mol. The van der Waals surface area contributed by atoms with Crippen molar-refractivity contribution in [2.75, 3.05) is 26.7 Å². The van der Waals surface area contributed by atoms with E-state index in [1.165, 1.54) is 32.5 Å². The summed E-state index contributed by atoms with van der Waals surface area (Å²) in [6.45, 7) is 15.0. The molecular formula is C13H30N2. The van der Waals surface area contributed by atoms with Crippen molar-refractivity contribution in [3.8, 4) is 0 Å². The van der Waals surface area contributed by atoms with Gasteiger partial charge in [0.1, 0.15) is 0 Å². The molecule has 0 aromatic heterocycles. The minimum Gasteiger partial charge on any atom is -0.304 e. The molecule has 0 aliphatic carbocycles. The Bertz CT molecular complexity index is 145. The molecule has 0 heterocycles. The highest BCUT2D eigenvalue weighted by atomic mass is 15.2. The third-order valence-electron chi connectivity index (χ3n) is 3.46. The van der Waals surface area contributed by atoms with Crippen molar-refractivity contribution in [3.05, 3.63) is 0 Å². The molecule has 0 amide bonds. The lowest BCUT2D eigenvalue weighted by Gasteiger charge is -2.28. The van der Waals surface area contributed by atoms with Gasteiger partial charge in [0.25, 0.3) is 0 Å². The summed E-state index contributed by atoms with van der Waals surface area (Å²) < 4.78 is 0. The number of hydrogen-bond acceptors (Lipinski definition) is 2. The molecule has 0 radical (unpaired) electrons. The monoisotopic (exact) mass is 214 g/mol. The molecule has 0 rings (SSSR count). The quantitative estimate of drug-likeness (QED) is 0.613. The Morgan fingerprint density at radius 2 is 1.60 bits per heavy atom. The number of nitrogens with zero attached hydrogens (tertiary/aromatic N) is 2. The van der Waals surface area contributed by atoms with Gasteiger partial charge in [-0.1, -0.05) is 13.8 Å². The van der Waals surface area contributed by atoms with Crippen LogP contribution in [0.2, 0.25) is 0 Å². The minimum atomic E-state index is 0.670. The van der Waals surface area contributed by atoms with E-state index >= 15 is 0 Å². The maximum absolute atomic E-state index is 2.58. The molecule has 0 aliphatic heterocycles. The van der Waals surface area contributed by atoms with Crippen LogP contribution in [0.3, 0.4) is 0 Å². The van der Waals surface area contributed by atoms with E-state index in [1.54, 1.807) is 0 Å². The Morgan fingerprint density at radius 3 is 2.00 bits per heavy atom. The molecule has 0 saturated carbocycles. The summed E-state index contributed by atoms with van der Waals surface area (Å²) in [6, 6.07) is 1.41. The van der Waals surface area contributed by atoms with E-state index in [0.29, 0.717) is 6.04 Å². The second-order valence-electron chi connectivity index (χ2n) is 4.81. The van der Waals surface area contributed by atoms with Gasteiger partial charge in [0.15, 0.2) is 0 Å². The molecule has 0 spiro atoms. The van der Waals surface area contributed by atoms with Gasteiger partial charge in [0, 0.05) is 12.1 Å². The fourth-order valence-corrected chi connectivity index (χ4v) is 1.73. The molecule has 1 atom stereocenters. The Balaban J connectivity index is 3.72. The van der Waals surface area contributed by atoms with Crippen LogP contribution < -0.4 is 0 Å². The molecule has 0 aliphatic rings. The van der Waals surface area contributed by atoms with Crippen molar-refractivity contribution in [1.82, 2.24) is 9.80 Å². The van der Waals surface area contributed by atoms with Crippen LogP contribution in [0.1, 0.15) is 47.5 Å². The average molecular weight is 214 g/mol. The molecule has 0 saturated heterocycles. The van der Waals surface area contributed by atoms with Gasteiger partial charge in [0.2, 0.25) is 0 Å². The van der Waals surface area contributed by atoms with Crippen molar-refractivity contribution in [2.24, 2.45) is 0 Å². The van der Waals surface area contributed by atoms with Gasteiger partial charge in [-0.2, -0.15) is 0 Å². The molecule has 0 aromatic carbocycles. The second-order valence-corrected chi connectivity index (χ2v) is 4.81. The van der Waals surface area contributed by atoms with Crippen LogP contribution in [0.4, 0.5) is 0 Å². The van der Waals surface area contributed by atoms with Gasteiger partial charge in [-0.15, -0.1) is 0 Å². The van der Waals surface area contributed by atoms with E-state index in [9.17, 15) is 0 Å². The normalized spacial score (nSPS) is 14.2. The largest absolute Gasteiger partial charge is 0.304 e. The Morgan fingerprint density at radius 1 is 1.00 bits per heavy atom. The molecule has 15 heavy (non-hydrogen) atoms. The highest BCUT2D eigenvalue weighted by molar-refractivity contribution is 4.65. The predicted octanol–water partition coefficient (Wildman–Crippen LogP) is 2.84. The Hall–Kier alpha value is -0.0800.